The smallest absolute Gasteiger partial charge is 0.242 e. The fraction of sp³-hybridized carbons (Fsp3) is 0.500. The van der Waals surface area contributed by atoms with Gasteiger partial charge in [0.25, 0.3) is 0 Å². The molecule has 0 aliphatic rings. The number of rotatable bonds is 8. The van der Waals surface area contributed by atoms with Crippen LogP contribution in [0.25, 0.3) is 10.9 Å². The van der Waals surface area contributed by atoms with Gasteiger partial charge in [0.15, 0.2) is 0 Å². The molecule has 5 nitrogen and oxygen atoms in total. The molecule has 0 spiro atoms. The Morgan fingerprint density at radius 3 is 2.52 bits per heavy atom. The highest BCUT2D eigenvalue weighted by Crippen LogP contribution is 2.17. The summed E-state index contributed by atoms with van der Waals surface area (Å²) >= 11 is 0. The SMILES string of the molecule is CC(C)CC(=O)NC(C(=O)NCCc1c[nH]c2ccccc12)C(C)C. The van der Waals surface area contributed by atoms with E-state index in [0.29, 0.717) is 13.0 Å². The highest BCUT2D eigenvalue weighted by atomic mass is 16.2. The number of fused-ring (bicyclic) bond motifs is 1. The molecule has 1 heterocycles. The average Bonchev–Trinajstić information content (AvgIpc) is 2.95. The molecule has 1 aromatic heterocycles. The molecule has 1 unspecified atom stereocenters. The lowest BCUT2D eigenvalue weighted by molar-refractivity contribution is -0.130. The van der Waals surface area contributed by atoms with Crippen LogP contribution in [0.15, 0.2) is 30.5 Å². The number of aromatic nitrogens is 1. The molecule has 0 bridgehead atoms. The predicted octanol–water partition coefficient (Wildman–Crippen LogP) is 3.01. The van der Waals surface area contributed by atoms with Crippen LogP contribution in [-0.2, 0) is 16.0 Å². The lowest BCUT2D eigenvalue weighted by Crippen LogP contribution is -2.50. The van der Waals surface area contributed by atoms with E-state index in [-0.39, 0.29) is 23.7 Å². The molecule has 5 heteroatoms. The molecule has 0 saturated heterocycles. The molecular formula is C20H29N3O2. The minimum atomic E-state index is -0.491. The first-order valence-electron chi connectivity index (χ1n) is 9.00. The van der Waals surface area contributed by atoms with Gasteiger partial charge in [-0.25, -0.2) is 0 Å². The number of H-pyrrole nitrogens is 1. The van der Waals surface area contributed by atoms with E-state index in [1.54, 1.807) is 0 Å². The fourth-order valence-corrected chi connectivity index (χ4v) is 2.91. The van der Waals surface area contributed by atoms with Crippen molar-refractivity contribution in [1.29, 1.82) is 0 Å². The fourth-order valence-electron chi connectivity index (χ4n) is 2.91. The number of amides is 2. The second-order valence-electron chi connectivity index (χ2n) is 7.29. The summed E-state index contributed by atoms with van der Waals surface area (Å²) in [4.78, 5) is 27.7. The lowest BCUT2D eigenvalue weighted by atomic mass is 10.0. The van der Waals surface area contributed by atoms with Crippen molar-refractivity contribution >= 4 is 22.7 Å². The van der Waals surface area contributed by atoms with Crippen molar-refractivity contribution in [2.24, 2.45) is 11.8 Å². The van der Waals surface area contributed by atoms with Gasteiger partial charge in [0.1, 0.15) is 6.04 Å². The van der Waals surface area contributed by atoms with Crippen LogP contribution in [0.5, 0.6) is 0 Å². The monoisotopic (exact) mass is 343 g/mol. The summed E-state index contributed by atoms with van der Waals surface area (Å²) in [6, 6.07) is 7.63. The van der Waals surface area contributed by atoms with Gasteiger partial charge in [0.2, 0.25) is 11.8 Å². The van der Waals surface area contributed by atoms with E-state index in [9.17, 15) is 9.59 Å². The molecule has 3 N–H and O–H groups in total. The summed E-state index contributed by atoms with van der Waals surface area (Å²) in [6.07, 6.45) is 3.17. The number of benzene rings is 1. The van der Waals surface area contributed by atoms with Crippen LogP contribution in [-0.4, -0.2) is 29.4 Å². The second kappa shape index (κ2) is 8.70. The zero-order valence-electron chi connectivity index (χ0n) is 15.6. The van der Waals surface area contributed by atoms with Crippen molar-refractivity contribution < 1.29 is 9.59 Å². The Morgan fingerprint density at radius 2 is 1.84 bits per heavy atom. The molecule has 2 rings (SSSR count). The molecule has 2 aromatic rings. The predicted molar refractivity (Wildman–Crippen MR) is 101 cm³/mol. The molecule has 2 amide bonds. The number of nitrogens with one attached hydrogen (secondary N) is 3. The second-order valence-corrected chi connectivity index (χ2v) is 7.29. The molecule has 0 fully saturated rings. The summed E-state index contributed by atoms with van der Waals surface area (Å²) in [7, 11) is 0. The molecule has 25 heavy (non-hydrogen) atoms. The van der Waals surface area contributed by atoms with Crippen molar-refractivity contribution in [2.45, 2.75) is 46.6 Å². The van der Waals surface area contributed by atoms with Crippen molar-refractivity contribution in [1.82, 2.24) is 15.6 Å². The number of carbonyl (C=O) groups is 2. The number of hydrogen-bond donors (Lipinski definition) is 3. The van der Waals surface area contributed by atoms with E-state index in [1.807, 2.05) is 52.1 Å². The summed E-state index contributed by atoms with van der Waals surface area (Å²) in [5, 5.41) is 7.00. The third-order valence-electron chi connectivity index (χ3n) is 4.23. The van der Waals surface area contributed by atoms with E-state index in [2.05, 4.69) is 21.7 Å². The third kappa shape index (κ3) is 5.34. The summed E-state index contributed by atoms with van der Waals surface area (Å²) < 4.78 is 0. The van der Waals surface area contributed by atoms with Gasteiger partial charge in [-0.3, -0.25) is 9.59 Å². The quantitative estimate of drug-likeness (QED) is 0.689. The molecule has 0 aliphatic carbocycles. The first-order valence-corrected chi connectivity index (χ1v) is 9.00. The van der Waals surface area contributed by atoms with Crippen molar-refractivity contribution in [3.63, 3.8) is 0 Å². The van der Waals surface area contributed by atoms with Crippen LogP contribution in [0.4, 0.5) is 0 Å². The van der Waals surface area contributed by atoms with Crippen LogP contribution in [0.2, 0.25) is 0 Å². The zero-order chi connectivity index (χ0) is 18.4. The minimum absolute atomic E-state index is 0.0456. The largest absolute Gasteiger partial charge is 0.361 e. The Hall–Kier alpha value is -2.30. The number of para-hydroxylation sites is 1. The first kappa shape index (κ1) is 19.0. The zero-order valence-corrected chi connectivity index (χ0v) is 15.6. The van der Waals surface area contributed by atoms with Gasteiger partial charge in [-0.15, -0.1) is 0 Å². The van der Waals surface area contributed by atoms with Crippen LogP contribution in [0, 0.1) is 11.8 Å². The molecule has 136 valence electrons. The maximum Gasteiger partial charge on any atom is 0.242 e. The van der Waals surface area contributed by atoms with Crippen LogP contribution >= 0.6 is 0 Å². The van der Waals surface area contributed by atoms with Gasteiger partial charge < -0.3 is 15.6 Å². The Kier molecular flexibility index (Phi) is 6.62. The standard InChI is InChI=1S/C20H29N3O2/c1-13(2)11-18(24)23-19(14(3)4)20(25)21-10-9-15-12-22-17-8-6-5-7-16(15)17/h5-8,12-14,19,22H,9-11H2,1-4H3,(H,21,25)(H,23,24). The van der Waals surface area contributed by atoms with Crippen LogP contribution in [0.1, 0.15) is 39.7 Å². The molecule has 0 aliphatic heterocycles. The van der Waals surface area contributed by atoms with Gasteiger partial charge in [-0.05, 0) is 29.9 Å². The molecular weight excluding hydrogens is 314 g/mol. The Labute approximate surface area is 149 Å². The summed E-state index contributed by atoms with van der Waals surface area (Å²) in [6.45, 7) is 8.42. The highest BCUT2D eigenvalue weighted by molar-refractivity contribution is 5.88. The van der Waals surface area contributed by atoms with E-state index in [1.165, 1.54) is 10.9 Å². The highest BCUT2D eigenvalue weighted by Gasteiger charge is 2.24. The molecule has 1 aromatic carbocycles. The van der Waals surface area contributed by atoms with Crippen molar-refractivity contribution in [3.8, 4) is 0 Å². The van der Waals surface area contributed by atoms with Gasteiger partial charge in [0.05, 0.1) is 0 Å². The van der Waals surface area contributed by atoms with E-state index >= 15 is 0 Å². The van der Waals surface area contributed by atoms with E-state index in [0.717, 1.165) is 11.9 Å². The normalized spacial score (nSPS) is 12.6. The Balaban J connectivity index is 1.89. The lowest BCUT2D eigenvalue weighted by Gasteiger charge is -2.22. The van der Waals surface area contributed by atoms with Crippen LogP contribution in [0.3, 0.4) is 0 Å². The number of carbonyl (C=O) groups excluding carboxylic acids is 2. The summed E-state index contributed by atoms with van der Waals surface area (Å²) in [5.74, 6) is 0.134. The van der Waals surface area contributed by atoms with Gasteiger partial charge in [0, 0.05) is 30.1 Å². The number of aromatic amines is 1. The first-order chi connectivity index (χ1) is 11.9. The van der Waals surface area contributed by atoms with Gasteiger partial charge in [-0.1, -0.05) is 45.9 Å². The maximum atomic E-state index is 12.5. The van der Waals surface area contributed by atoms with Crippen LogP contribution < -0.4 is 10.6 Å². The summed E-state index contributed by atoms with van der Waals surface area (Å²) in [5.41, 5.74) is 2.28. The molecule has 0 radical (unpaired) electrons. The molecule has 0 saturated carbocycles. The Morgan fingerprint density at radius 1 is 1.12 bits per heavy atom. The average molecular weight is 343 g/mol. The third-order valence-corrected chi connectivity index (χ3v) is 4.23. The van der Waals surface area contributed by atoms with Crippen molar-refractivity contribution in [3.05, 3.63) is 36.0 Å². The topological polar surface area (TPSA) is 74.0 Å². The molecule has 1 atom stereocenters. The Bertz CT molecular complexity index is 719. The minimum Gasteiger partial charge on any atom is -0.361 e. The van der Waals surface area contributed by atoms with E-state index in [4.69, 9.17) is 0 Å². The van der Waals surface area contributed by atoms with Gasteiger partial charge in [-0.2, -0.15) is 0 Å². The van der Waals surface area contributed by atoms with Crippen molar-refractivity contribution in [2.75, 3.05) is 6.54 Å². The maximum absolute atomic E-state index is 12.5. The van der Waals surface area contributed by atoms with Gasteiger partial charge >= 0.3 is 0 Å². The van der Waals surface area contributed by atoms with E-state index < -0.39 is 6.04 Å². The number of hydrogen-bond acceptors (Lipinski definition) is 2.